The normalized spacial score (nSPS) is 13.2. The molecule has 74 valence electrons. The molecule has 0 rings (SSSR count). The summed E-state index contributed by atoms with van der Waals surface area (Å²) in [5.41, 5.74) is 0. The third-order valence-corrected chi connectivity index (χ3v) is 1.61. The molecule has 2 nitrogen and oxygen atoms in total. The second-order valence-corrected chi connectivity index (χ2v) is 3.95. The number of hydrogen-bond donors (Lipinski definition) is 1. The van der Waals surface area contributed by atoms with Crippen molar-refractivity contribution in [3.8, 4) is 0 Å². The van der Waals surface area contributed by atoms with Crippen LogP contribution in [0.4, 0.5) is 0 Å². The van der Waals surface area contributed by atoms with Crippen LogP contribution in [-0.2, 0) is 0 Å². The Kier molecular flexibility index (Phi) is 13.2. The first-order valence-electron chi connectivity index (χ1n) is 4.99. The molecule has 0 fully saturated rings. The van der Waals surface area contributed by atoms with Crippen molar-refractivity contribution in [1.82, 2.24) is 5.32 Å². The molecule has 0 aliphatic carbocycles. The van der Waals surface area contributed by atoms with Crippen molar-refractivity contribution in [3.63, 3.8) is 0 Å². The van der Waals surface area contributed by atoms with Crippen LogP contribution in [0.1, 0.15) is 41.0 Å². The predicted molar refractivity (Wildman–Crippen MR) is 55.4 cm³/mol. The van der Waals surface area contributed by atoms with Crippen LogP contribution in [0.2, 0.25) is 0 Å². The first-order chi connectivity index (χ1) is 5.56. The number of nitrogens with one attached hydrogen (secondary N) is 1. The Hall–Kier alpha value is 1.56. The Labute approximate surface area is 126 Å². The molecule has 0 aromatic rings. The molecule has 0 heterocycles. The Morgan fingerprint density at radius 2 is 1.69 bits per heavy atom. The van der Waals surface area contributed by atoms with Crippen LogP contribution < -0.4 is 56.7 Å². The van der Waals surface area contributed by atoms with Crippen molar-refractivity contribution in [1.29, 1.82) is 0 Å². The fourth-order valence-corrected chi connectivity index (χ4v) is 1.24. The molecule has 1 atom stereocenters. The molecule has 0 saturated carbocycles. The summed E-state index contributed by atoms with van der Waals surface area (Å²) >= 11 is 0. The van der Waals surface area contributed by atoms with Gasteiger partial charge in [-0.15, -0.1) is 6.04 Å². The van der Waals surface area contributed by atoms with Crippen LogP contribution in [-0.4, -0.2) is 18.8 Å². The third-order valence-electron chi connectivity index (χ3n) is 1.61. The summed E-state index contributed by atoms with van der Waals surface area (Å²) in [6, 6.07) is 0.438. The minimum Gasteiger partial charge on any atom is -0.645 e. The van der Waals surface area contributed by atoms with Crippen molar-refractivity contribution in [3.05, 3.63) is 5.32 Å². The van der Waals surface area contributed by atoms with E-state index in [2.05, 4.69) is 45.3 Å². The summed E-state index contributed by atoms with van der Waals surface area (Å²) in [5.74, 6) is 0.719. The summed E-state index contributed by atoms with van der Waals surface area (Å²) in [6.07, 6.45) is 1.50. The zero-order valence-electron chi connectivity index (χ0n) is 10.1. The minimum absolute atomic E-state index is 0. The maximum atomic E-state index is 4.60. The van der Waals surface area contributed by atoms with Gasteiger partial charge >= 0.3 is 51.4 Å². The summed E-state index contributed by atoms with van der Waals surface area (Å²) in [4.78, 5) is 0. The average Bonchev–Trinajstić information content (AvgIpc) is 1.84. The minimum atomic E-state index is 0. The van der Waals surface area contributed by atoms with Crippen molar-refractivity contribution >= 4 is 0 Å². The quantitative estimate of drug-likeness (QED) is 0.602. The van der Waals surface area contributed by atoms with Gasteiger partial charge in [0.2, 0.25) is 0 Å². The Morgan fingerprint density at radius 1 is 1.15 bits per heavy atom. The van der Waals surface area contributed by atoms with E-state index in [1.807, 2.05) is 0 Å². The van der Waals surface area contributed by atoms with Gasteiger partial charge in [-0.25, -0.2) is 0 Å². The second-order valence-electron chi connectivity index (χ2n) is 3.95. The first-order valence-corrected chi connectivity index (χ1v) is 4.99. The molecule has 0 bridgehead atoms. The van der Waals surface area contributed by atoms with Crippen molar-refractivity contribution in [2.45, 2.75) is 53.2 Å². The van der Waals surface area contributed by atoms with Gasteiger partial charge in [-0.3, -0.25) is 0 Å². The maximum Gasteiger partial charge on any atom is 1.00 e. The van der Waals surface area contributed by atoms with Gasteiger partial charge in [0.15, 0.2) is 0 Å². The molecule has 1 unspecified atom stereocenters. The van der Waals surface area contributed by atoms with Crippen molar-refractivity contribution in [2.24, 2.45) is 5.92 Å². The van der Waals surface area contributed by atoms with Crippen molar-refractivity contribution < 1.29 is 51.4 Å². The predicted octanol–water partition coefficient (Wildman–Crippen LogP) is -0.246. The van der Waals surface area contributed by atoms with E-state index in [0.717, 1.165) is 18.9 Å². The van der Waals surface area contributed by atoms with Gasteiger partial charge in [0.1, 0.15) is 0 Å². The monoisotopic (exact) mass is 210 g/mol. The molecule has 0 aromatic heterocycles. The molecule has 0 aliphatic heterocycles. The number of hydrogen-bond acceptors (Lipinski definition) is 1. The van der Waals surface area contributed by atoms with Crippen LogP contribution in [0.3, 0.4) is 0 Å². The van der Waals surface area contributed by atoms with Gasteiger partial charge in [-0.05, 0) is 12.5 Å². The molecule has 0 aliphatic rings. The number of nitrogens with zero attached hydrogens (tertiary/aromatic N) is 1. The Morgan fingerprint density at radius 3 is 2.00 bits per heavy atom. The summed E-state index contributed by atoms with van der Waals surface area (Å²) in [6.45, 7) is 11.9. The molecule has 13 heavy (non-hydrogen) atoms. The van der Waals surface area contributed by atoms with Gasteiger partial charge in [-0.2, -0.15) is 0 Å². The van der Waals surface area contributed by atoms with Crippen molar-refractivity contribution in [2.75, 3.05) is 6.54 Å². The molecule has 0 radical (unpaired) electrons. The third kappa shape index (κ3) is 11.5. The molecule has 0 aromatic carbocycles. The van der Waals surface area contributed by atoms with E-state index in [4.69, 9.17) is 0 Å². The zero-order valence-corrected chi connectivity index (χ0v) is 13.2. The molecule has 1 N–H and O–H groups in total. The molecule has 0 spiro atoms. The van der Waals surface area contributed by atoms with E-state index < -0.39 is 0 Å². The smallest absolute Gasteiger partial charge is 0.645 e. The van der Waals surface area contributed by atoms with Gasteiger partial charge in [0.25, 0.3) is 0 Å². The summed E-state index contributed by atoms with van der Waals surface area (Å²) in [5, 5.41) is 7.97. The van der Waals surface area contributed by atoms with Gasteiger partial charge < -0.3 is 10.6 Å². The summed E-state index contributed by atoms with van der Waals surface area (Å²) < 4.78 is 0. The van der Waals surface area contributed by atoms with E-state index in [0.29, 0.717) is 12.2 Å². The molecule has 0 amide bonds. The zero-order chi connectivity index (χ0) is 9.56. The van der Waals surface area contributed by atoms with E-state index in [1.165, 1.54) is 0 Å². The number of rotatable bonds is 6. The van der Waals surface area contributed by atoms with Gasteiger partial charge in [0.05, 0.1) is 0 Å². The van der Waals surface area contributed by atoms with Gasteiger partial charge in [-0.1, -0.05) is 47.2 Å². The average molecular weight is 210 g/mol. The van der Waals surface area contributed by atoms with E-state index >= 15 is 0 Å². The fourth-order valence-electron chi connectivity index (χ4n) is 1.24. The van der Waals surface area contributed by atoms with Gasteiger partial charge in [0, 0.05) is 0 Å². The van der Waals surface area contributed by atoms with Crippen LogP contribution in [0.5, 0.6) is 0 Å². The standard InChI is InChI=1S/C10H23N2.K/c1-6-11-10(7-8(2)3)12-9(4)5;/h8-11H,6-7H2,1-5H3;/q-1;+1. The van der Waals surface area contributed by atoms with Crippen LogP contribution in [0, 0.1) is 5.92 Å². The Bertz CT molecular complexity index is 95.1. The molecular formula is C10H23KN2. The van der Waals surface area contributed by atoms with Crippen LogP contribution in [0.25, 0.3) is 5.32 Å². The first kappa shape index (κ1) is 17.0. The van der Waals surface area contributed by atoms with Crippen LogP contribution in [0.15, 0.2) is 0 Å². The second kappa shape index (κ2) is 10.1. The van der Waals surface area contributed by atoms with Crippen LogP contribution >= 0.6 is 0 Å². The Balaban J connectivity index is 0. The summed E-state index contributed by atoms with van der Waals surface area (Å²) in [7, 11) is 0. The fraction of sp³-hybridized carbons (Fsp3) is 1.00. The van der Waals surface area contributed by atoms with E-state index in [1.54, 1.807) is 0 Å². The molecule has 3 heteroatoms. The topological polar surface area (TPSA) is 26.1 Å². The van der Waals surface area contributed by atoms with E-state index in [9.17, 15) is 0 Å². The largest absolute Gasteiger partial charge is 1.00 e. The maximum absolute atomic E-state index is 4.60. The SMILES string of the molecule is CCNC(CC(C)C)[N-]C(C)C.[K+]. The molecule has 0 saturated heterocycles. The van der Waals surface area contributed by atoms with E-state index in [-0.39, 0.29) is 51.4 Å². The molecular weight excluding hydrogens is 187 g/mol.